The van der Waals surface area contributed by atoms with Crippen molar-refractivity contribution in [2.45, 2.75) is 26.2 Å². The van der Waals surface area contributed by atoms with E-state index in [-0.39, 0.29) is 36.0 Å². The van der Waals surface area contributed by atoms with Crippen LogP contribution in [0.4, 0.5) is 5.69 Å². The Bertz CT molecular complexity index is 681. The van der Waals surface area contributed by atoms with E-state index in [1.165, 1.54) is 0 Å². The zero-order chi connectivity index (χ0) is 18.7. The summed E-state index contributed by atoms with van der Waals surface area (Å²) < 4.78 is 5.42. The minimum absolute atomic E-state index is 0.00490. The number of primary amides is 1. The van der Waals surface area contributed by atoms with Crippen molar-refractivity contribution in [3.05, 3.63) is 24.3 Å². The molecule has 7 nitrogen and oxygen atoms in total. The van der Waals surface area contributed by atoms with Crippen LogP contribution in [0.1, 0.15) is 26.2 Å². The molecule has 2 N–H and O–H groups in total. The van der Waals surface area contributed by atoms with E-state index in [0.717, 1.165) is 11.4 Å². The first-order valence-corrected chi connectivity index (χ1v) is 9.11. The maximum absolute atomic E-state index is 12.7. The predicted octanol–water partition coefficient (Wildman–Crippen LogP) is 1.16. The fourth-order valence-corrected chi connectivity index (χ4v) is 3.65. The van der Waals surface area contributed by atoms with Crippen LogP contribution in [0.5, 0.6) is 5.75 Å². The summed E-state index contributed by atoms with van der Waals surface area (Å²) in [7, 11) is 0. The maximum Gasteiger partial charge on any atom is 0.228 e. The number of carbonyl (C=O) groups is 3. The summed E-state index contributed by atoms with van der Waals surface area (Å²) in [4.78, 5) is 39.8. The molecule has 2 heterocycles. The molecular formula is C19H25N3O4. The van der Waals surface area contributed by atoms with Crippen LogP contribution in [0.25, 0.3) is 0 Å². The number of carbonyl (C=O) groups excluding carboxylic acids is 3. The number of nitrogens with zero attached hydrogens (tertiary/aromatic N) is 2. The fourth-order valence-electron chi connectivity index (χ4n) is 3.65. The Kier molecular flexibility index (Phi) is 5.44. The van der Waals surface area contributed by atoms with Crippen LogP contribution in [-0.4, -0.2) is 48.9 Å². The van der Waals surface area contributed by atoms with Gasteiger partial charge in [-0.2, -0.15) is 0 Å². The summed E-state index contributed by atoms with van der Waals surface area (Å²) in [5.41, 5.74) is 6.12. The number of amides is 3. The molecule has 140 valence electrons. The number of benzene rings is 1. The lowest BCUT2D eigenvalue weighted by molar-refractivity contribution is -0.138. The monoisotopic (exact) mass is 359 g/mol. The third-order valence-electron chi connectivity index (χ3n) is 5.14. The third kappa shape index (κ3) is 3.81. The Labute approximate surface area is 153 Å². The van der Waals surface area contributed by atoms with Crippen molar-refractivity contribution < 1.29 is 19.1 Å². The lowest BCUT2D eigenvalue weighted by atomic mass is 9.95. The van der Waals surface area contributed by atoms with Gasteiger partial charge in [-0.1, -0.05) is 0 Å². The molecular weight excluding hydrogens is 334 g/mol. The molecule has 0 aliphatic carbocycles. The molecule has 0 spiro atoms. The topological polar surface area (TPSA) is 92.9 Å². The van der Waals surface area contributed by atoms with Crippen LogP contribution < -0.4 is 15.4 Å². The van der Waals surface area contributed by atoms with Crippen molar-refractivity contribution in [2.24, 2.45) is 17.6 Å². The molecule has 2 fully saturated rings. The Balaban J connectivity index is 1.60. The van der Waals surface area contributed by atoms with E-state index in [1.807, 2.05) is 31.2 Å². The smallest absolute Gasteiger partial charge is 0.228 e. The highest BCUT2D eigenvalue weighted by molar-refractivity contribution is 6.00. The molecule has 3 rings (SSSR count). The Hall–Kier alpha value is -2.57. The number of hydrogen-bond acceptors (Lipinski definition) is 4. The molecule has 1 aromatic rings. The van der Waals surface area contributed by atoms with E-state index in [2.05, 4.69) is 0 Å². The van der Waals surface area contributed by atoms with Gasteiger partial charge in [-0.25, -0.2) is 0 Å². The molecule has 0 saturated carbocycles. The second-order valence-electron chi connectivity index (χ2n) is 6.83. The van der Waals surface area contributed by atoms with Gasteiger partial charge in [0, 0.05) is 37.7 Å². The molecule has 1 atom stereocenters. The molecule has 0 aromatic heterocycles. The lowest BCUT2D eigenvalue weighted by Crippen LogP contribution is -2.44. The van der Waals surface area contributed by atoms with Gasteiger partial charge in [0.1, 0.15) is 5.75 Å². The summed E-state index contributed by atoms with van der Waals surface area (Å²) in [5, 5.41) is 0. The van der Waals surface area contributed by atoms with Gasteiger partial charge in [-0.05, 0) is 44.0 Å². The van der Waals surface area contributed by atoms with Crippen molar-refractivity contribution in [3.8, 4) is 5.75 Å². The number of piperidine rings is 1. The normalized spacial score (nSPS) is 21.1. The quantitative estimate of drug-likeness (QED) is 0.854. The van der Waals surface area contributed by atoms with Crippen molar-refractivity contribution in [2.75, 3.05) is 31.1 Å². The van der Waals surface area contributed by atoms with E-state index in [4.69, 9.17) is 10.5 Å². The lowest BCUT2D eigenvalue weighted by Gasteiger charge is -2.32. The standard InChI is InChI=1S/C19H25N3O4/c1-2-26-16-5-3-15(4-6-16)22-12-14(11-17(22)23)19(25)21-9-7-13(8-10-21)18(20)24/h3-6,13-14H,2,7-12H2,1H3,(H2,20,24). The van der Waals surface area contributed by atoms with Crippen LogP contribution in [-0.2, 0) is 14.4 Å². The molecule has 0 bridgehead atoms. The largest absolute Gasteiger partial charge is 0.494 e. The van der Waals surface area contributed by atoms with Gasteiger partial charge in [0.25, 0.3) is 0 Å². The summed E-state index contributed by atoms with van der Waals surface area (Å²) in [6, 6.07) is 7.34. The minimum atomic E-state index is -0.334. The average Bonchev–Trinajstić information content (AvgIpc) is 3.04. The number of nitrogens with two attached hydrogens (primary N) is 1. The van der Waals surface area contributed by atoms with Crippen LogP contribution in [0.2, 0.25) is 0 Å². The molecule has 26 heavy (non-hydrogen) atoms. The summed E-state index contributed by atoms with van der Waals surface area (Å²) >= 11 is 0. The molecule has 3 amide bonds. The molecule has 0 radical (unpaired) electrons. The highest BCUT2D eigenvalue weighted by atomic mass is 16.5. The number of ether oxygens (including phenoxy) is 1. The third-order valence-corrected chi connectivity index (χ3v) is 5.14. The zero-order valence-electron chi connectivity index (χ0n) is 15.0. The second kappa shape index (κ2) is 7.76. The summed E-state index contributed by atoms with van der Waals surface area (Å²) in [6.07, 6.45) is 1.43. The van der Waals surface area contributed by atoms with Crippen molar-refractivity contribution in [1.29, 1.82) is 0 Å². The first-order chi connectivity index (χ1) is 12.5. The van der Waals surface area contributed by atoms with Gasteiger partial charge < -0.3 is 20.3 Å². The average molecular weight is 359 g/mol. The van der Waals surface area contributed by atoms with Gasteiger partial charge >= 0.3 is 0 Å². The maximum atomic E-state index is 12.7. The molecule has 7 heteroatoms. The first kappa shape index (κ1) is 18.2. The predicted molar refractivity (Wildman–Crippen MR) is 96.6 cm³/mol. The van der Waals surface area contributed by atoms with Gasteiger partial charge in [-0.15, -0.1) is 0 Å². The van der Waals surface area contributed by atoms with Gasteiger partial charge in [0.2, 0.25) is 17.7 Å². The minimum Gasteiger partial charge on any atom is -0.494 e. The van der Waals surface area contributed by atoms with Crippen LogP contribution in [0.15, 0.2) is 24.3 Å². The molecule has 2 saturated heterocycles. The molecule has 2 aliphatic heterocycles. The summed E-state index contributed by atoms with van der Waals surface area (Å²) in [6.45, 7) is 3.95. The molecule has 2 aliphatic rings. The Morgan fingerprint density at radius 1 is 1.15 bits per heavy atom. The van der Waals surface area contributed by atoms with Crippen LogP contribution in [0.3, 0.4) is 0 Å². The van der Waals surface area contributed by atoms with E-state index in [0.29, 0.717) is 39.1 Å². The number of hydrogen-bond donors (Lipinski definition) is 1. The number of likely N-dealkylation sites (tertiary alicyclic amines) is 1. The first-order valence-electron chi connectivity index (χ1n) is 9.11. The highest BCUT2D eigenvalue weighted by Gasteiger charge is 2.38. The van der Waals surface area contributed by atoms with Gasteiger partial charge in [-0.3, -0.25) is 14.4 Å². The van der Waals surface area contributed by atoms with Crippen LogP contribution >= 0.6 is 0 Å². The molecule has 1 unspecified atom stereocenters. The fraction of sp³-hybridized carbons (Fsp3) is 0.526. The van der Waals surface area contributed by atoms with E-state index in [1.54, 1.807) is 9.80 Å². The van der Waals surface area contributed by atoms with Crippen molar-refractivity contribution in [1.82, 2.24) is 4.90 Å². The second-order valence-corrected chi connectivity index (χ2v) is 6.83. The van der Waals surface area contributed by atoms with Crippen LogP contribution in [0, 0.1) is 11.8 Å². The Morgan fingerprint density at radius 3 is 2.38 bits per heavy atom. The van der Waals surface area contributed by atoms with Gasteiger partial charge in [0.15, 0.2) is 0 Å². The number of rotatable bonds is 5. The van der Waals surface area contributed by atoms with Crippen molar-refractivity contribution >= 4 is 23.4 Å². The van der Waals surface area contributed by atoms with Crippen molar-refractivity contribution in [3.63, 3.8) is 0 Å². The SMILES string of the molecule is CCOc1ccc(N2CC(C(=O)N3CCC(C(N)=O)CC3)CC2=O)cc1. The Morgan fingerprint density at radius 2 is 1.81 bits per heavy atom. The zero-order valence-corrected chi connectivity index (χ0v) is 15.0. The highest BCUT2D eigenvalue weighted by Crippen LogP contribution is 2.29. The van der Waals surface area contributed by atoms with Gasteiger partial charge in [0.05, 0.1) is 12.5 Å². The number of anilines is 1. The molecule has 1 aromatic carbocycles. The van der Waals surface area contributed by atoms with E-state index in [9.17, 15) is 14.4 Å². The summed E-state index contributed by atoms with van der Waals surface area (Å²) in [5.74, 6) is -0.0688. The van der Waals surface area contributed by atoms with E-state index >= 15 is 0 Å². The van der Waals surface area contributed by atoms with E-state index < -0.39 is 0 Å².